The van der Waals surface area contributed by atoms with Crippen LogP contribution in [-0.4, -0.2) is 48.3 Å². The van der Waals surface area contributed by atoms with Crippen molar-refractivity contribution in [1.29, 1.82) is 0 Å². The predicted octanol–water partition coefficient (Wildman–Crippen LogP) is 1.69. The van der Waals surface area contributed by atoms with Crippen LogP contribution in [0.5, 0.6) is 0 Å². The van der Waals surface area contributed by atoms with Crippen LogP contribution in [0.3, 0.4) is 0 Å². The number of nitrogens with zero attached hydrogens (tertiary/aromatic N) is 5. The molecule has 9 heteroatoms. The van der Waals surface area contributed by atoms with E-state index in [1.807, 2.05) is 30.1 Å². The first-order valence-corrected chi connectivity index (χ1v) is 8.16. The third-order valence-electron chi connectivity index (χ3n) is 3.85. The number of tetrazole rings is 1. The summed E-state index contributed by atoms with van der Waals surface area (Å²) >= 11 is 1.70. The molecule has 0 radical (unpaired) electrons. The molecule has 1 N–H and O–H groups in total. The van der Waals surface area contributed by atoms with E-state index in [4.69, 9.17) is 4.42 Å². The molecule has 0 saturated carbocycles. The van der Waals surface area contributed by atoms with Gasteiger partial charge in [0.05, 0.1) is 12.0 Å². The molecule has 1 fully saturated rings. The Morgan fingerprint density at radius 3 is 3.09 bits per heavy atom. The van der Waals surface area contributed by atoms with Gasteiger partial charge >= 0.3 is 0 Å². The predicted molar refractivity (Wildman–Crippen MR) is 83.5 cm³/mol. The number of amides is 1. The van der Waals surface area contributed by atoms with E-state index in [-0.39, 0.29) is 11.3 Å². The SMILES string of the molecule is Cn1c(C(=O)N2CCSC2c2ccco2)ccc1-c1nn[nH]n1. The Bertz CT molecular complexity index is 811. The number of hydrogen-bond donors (Lipinski definition) is 1. The first-order chi connectivity index (χ1) is 11.3. The lowest BCUT2D eigenvalue weighted by Gasteiger charge is -2.22. The van der Waals surface area contributed by atoms with Crippen LogP contribution in [0.25, 0.3) is 11.5 Å². The van der Waals surface area contributed by atoms with Gasteiger partial charge in [0.1, 0.15) is 16.8 Å². The first kappa shape index (κ1) is 14.1. The molecule has 0 spiro atoms. The van der Waals surface area contributed by atoms with Gasteiger partial charge in [0.15, 0.2) is 0 Å². The number of nitrogens with one attached hydrogen (secondary N) is 1. The van der Waals surface area contributed by atoms with Gasteiger partial charge in [-0.25, -0.2) is 0 Å². The molecule has 1 aliphatic heterocycles. The second kappa shape index (κ2) is 5.58. The Labute approximate surface area is 135 Å². The maximum absolute atomic E-state index is 12.9. The third kappa shape index (κ3) is 2.33. The van der Waals surface area contributed by atoms with Crippen molar-refractivity contribution >= 4 is 17.7 Å². The number of aromatic nitrogens is 5. The Morgan fingerprint density at radius 1 is 1.43 bits per heavy atom. The molecule has 0 bridgehead atoms. The van der Waals surface area contributed by atoms with Gasteiger partial charge in [0.25, 0.3) is 5.91 Å². The standard InChI is InChI=1S/C14H14N6O2S/c1-19-9(12-15-17-18-16-12)4-5-10(19)13(21)20-6-8-23-14(20)11-3-2-7-22-11/h2-5,7,14H,6,8H2,1H3,(H,15,16,17,18). The van der Waals surface area contributed by atoms with Gasteiger partial charge in [-0.15, -0.1) is 22.0 Å². The molecule has 4 heterocycles. The van der Waals surface area contributed by atoms with E-state index in [9.17, 15) is 4.79 Å². The molecule has 4 rings (SSSR count). The van der Waals surface area contributed by atoms with Crippen molar-refractivity contribution in [1.82, 2.24) is 30.1 Å². The minimum Gasteiger partial charge on any atom is -0.466 e. The lowest BCUT2D eigenvalue weighted by molar-refractivity contribution is 0.0740. The molecule has 8 nitrogen and oxygen atoms in total. The lowest BCUT2D eigenvalue weighted by Crippen LogP contribution is -2.31. The summed E-state index contributed by atoms with van der Waals surface area (Å²) in [4.78, 5) is 14.8. The number of carbonyl (C=O) groups excluding carboxylic acids is 1. The maximum atomic E-state index is 12.9. The van der Waals surface area contributed by atoms with Gasteiger partial charge in [0, 0.05) is 19.3 Å². The Balaban J connectivity index is 1.64. The first-order valence-electron chi connectivity index (χ1n) is 7.11. The summed E-state index contributed by atoms with van der Waals surface area (Å²) in [6.45, 7) is 0.692. The summed E-state index contributed by atoms with van der Waals surface area (Å²) in [6, 6.07) is 7.35. The van der Waals surface area contributed by atoms with Crippen molar-refractivity contribution < 1.29 is 9.21 Å². The molecule has 0 aliphatic carbocycles. The van der Waals surface area contributed by atoms with Crippen LogP contribution < -0.4 is 0 Å². The fourth-order valence-corrected chi connectivity index (χ4v) is 3.92. The minimum absolute atomic E-state index is 0.0337. The van der Waals surface area contributed by atoms with Crippen LogP contribution in [0.15, 0.2) is 34.9 Å². The zero-order chi connectivity index (χ0) is 15.8. The highest BCUT2D eigenvalue weighted by molar-refractivity contribution is 7.99. The molecular formula is C14H14N6O2S. The monoisotopic (exact) mass is 330 g/mol. The zero-order valence-electron chi connectivity index (χ0n) is 12.3. The maximum Gasteiger partial charge on any atom is 0.271 e. The molecule has 0 aromatic carbocycles. The Morgan fingerprint density at radius 2 is 2.35 bits per heavy atom. The van der Waals surface area contributed by atoms with Crippen LogP contribution in [0, 0.1) is 0 Å². The highest BCUT2D eigenvalue weighted by Gasteiger charge is 2.34. The molecule has 1 amide bonds. The van der Waals surface area contributed by atoms with Crippen LogP contribution in [-0.2, 0) is 7.05 Å². The summed E-state index contributed by atoms with van der Waals surface area (Å²) < 4.78 is 7.26. The number of aromatic amines is 1. The summed E-state index contributed by atoms with van der Waals surface area (Å²) in [6.07, 6.45) is 1.63. The average Bonchev–Trinajstić information content (AvgIpc) is 3.32. The van der Waals surface area contributed by atoms with Gasteiger partial charge < -0.3 is 13.9 Å². The fourth-order valence-electron chi connectivity index (χ4n) is 2.71. The van der Waals surface area contributed by atoms with E-state index in [1.54, 1.807) is 28.7 Å². The second-order valence-electron chi connectivity index (χ2n) is 5.14. The number of rotatable bonds is 3. The van der Waals surface area contributed by atoms with Crippen LogP contribution in [0.4, 0.5) is 0 Å². The zero-order valence-corrected chi connectivity index (χ0v) is 13.2. The van der Waals surface area contributed by atoms with E-state index in [0.29, 0.717) is 18.1 Å². The average molecular weight is 330 g/mol. The molecule has 1 atom stereocenters. The van der Waals surface area contributed by atoms with Crippen molar-refractivity contribution in [3.8, 4) is 11.5 Å². The van der Waals surface area contributed by atoms with Gasteiger partial charge in [-0.3, -0.25) is 4.79 Å². The molecule has 1 unspecified atom stereocenters. The number of thioether (sulfide) groups is 1. The van der Waals surface area contributed by atoms with Gasteiger partial charge in [0.2, 0.25) is 5.82 Å². The fraction of sp³-hybridized carbons (Fsp3) is 0.286. The summed E-state index contributed by atoms with van der Waals surface area (Å²) in [5.41, 5.74) is 1.33. The van der Waals surface area contributed by atoms with Gasteiger partial charge in [-0.05, 0) is 29.5 Å². The molecule has 3 aromatic heterocycles. The van der Waals surface area contributed by atoms with Crippen LogP contribution in [0.2, 0.25) is 0 Å². The summed E-state index contributed by atoms with van der Waals surface area (Å²) in [7, 11) is 1.82. The number of hydrogen-bond acceptors (Lipinski definition) is 6. The summed E-state index contributed by atoms with van der Waals surface area (Å²) in [5, 5.41) is 13.8. The molecule has 118 valence electrons. The molecule has 1 aliphatic rings. The smallest absolute Gasteiger partial charge is 0.271 e. The molecule has 3 aromatic rings. The molecular weight excluding hydrogens is 316 g/mol. The molecule has 1 saturated heterocycles. The summed E-state index contributed by atoms with van der Waals surface area (Å²) in [5.74, 6) is 2.12. The lowest BCUT2D eigenvalue weighted by atomic mass is 10.3. The quantitative estimate of drug-likeness (QED) is 0.785. The van der Waals surface area contributed by atoms with Crippen molar-refractivity contribution in [3.05, 3.63) is 42.0 Å². The number of H-pyrrole nitrogens is 1. The number of carbonyl (C=O) groups is 1. The van der Waals surface area contributed by atoms with Crippen molar-refractivity contribution in [2.45, 2.75) is 5.37 Å². The normalized spacial score (nSPS) is 17.8. The van der Waals surface area contributed by atoms with Crippen molar-refractivity contribution in [2.24, 2.45) is 7.05 Å². The minimum atomic E-state index is -0.0824. The Hall–Kier alpha value is -2.55. The highest BCUT2D eigenvalue weighted by Crippen LogP contribution is 2.39. The highest BCUT2D eigenvalue weighted by atomic mass is 32.2. The topological polar surface area (TPSA) is 92.8 Å². The Kier molecular flexibility index (Phi) is 3.41. The van der Waals surface area contributed by atoms with E-state index >= 15 is 0 Å². The van der Waals surface area contributed by atoms with Crippen molar-refractivity contribution in [2.75, 3.05) is 12.3 Å². The van der Waals surface area contributed by atoms with Gasteiger partial charge in [-0.1, -0.05) is 0 Å². The van der Waals surface area contributed by atoms with Crippen LogP contribution >= 0.6 is 11.8 Å². The number of furan rings is 1. The molecule has 23 heavy (non-hydrogen) atoms. The van der Waals surface area contributed by atoms with Gasteiger partial charge in [-0.2, -0.15) is 5.21 Å². The third-order valence-corrected chi connectivity index (χ3v) is 5.07. The largest absolute Gasteiger partial charge is 0.466 e. The van der Waals surface area contributed by atoms with Crippen molar-refractivity contribution in [3.63, 3.8) is 0 Å². The van der Waals surface area contributed by atoms with E-state index in [0.717, 1.165) is 17.2 Å². The second-order valence-corrected chi connectivity index (χ2v) is 6.32. The van der Waals surface area contributed by atoms with E-state index in [2.05, 4.69) is 20.6 Å². The van der Waals surface area contributed by atoms with E-state index < -0.39 is 0 Å². The van der Waals surface area contributed by atoms with E-state index in [1.165, 1.54) is 0 Å². The van der Waals surface area contributed by atoms with Crippen LogP contribution in [0.1, 0.15) is 21.6 Å².